The molecule has 0 unspecified atom stereocenters. The third-order valence-electron chi connectivity index (χ3n) is 7.70. The number of nitrogens with zero attached hydrogens (tertiary/aromatic N) is 3. The lowest BCUT2D eigenvalue weighted by Gasteiger charge is -2.35. The number of fused-ring (bicyclic) bond motifs is 1. The molecular formula is C29H37FN4O2Si. The van der Waals surface area contributed by atoms with Crippen LogP contribution in [0.5, 0.6) is 0 Å². The number of aromatic nitrogens is 1. The smallest absolute Gasteiger partial charge is 0.252 e. The number of carbonyl (C=O) groups is 1. The molecule has 0 bridgehead atoms. The van der Waals surface area contributed by atoms with Gasteiger partial charge in [0.05, 0.1) is 30.0 Å². The normalized spacial score (nSPS) is 18.7. The van der Waals surface area contributed by atoms with Crippen molar-refractivity contribution in [3.05, 3.63) is 65.5 Å². The summed E-state index contributed by atoms with van der Waals surface area (Å²) >= 11 is 0. The minimum atomic E-state index is -1.01. The zero-order valence-electron chi connectivity index (χ0n) is 21.9. The van der Waals surface area contributed by atoms with Crippen LogP contribution in [0.25, 0.3) is 22.2 Å². The molecule has 3 heterocycles. The first-order chi connectivity index (χ1) is 17.9. The predicted octanol–water partition coefficient (Wildman–Crippen LogP) is 4.63. The molecule has 8 heteroatoms. The van der Waals surface area contributed by atoms with E-state index in [9.17, 15) is 9.18 Å². The Balaban J connectivity index is 1.31. The maximum atomic E-state index is 14.1. The summed E-state index contributed by atoms with van der Waals surface area (Å²) < 4.78 is 19.6. The van der Waals surface area contributed by atoms with Crippen LogP contribution in [0.15, 0.2) is 48.5 Å². The van der Waals surface area contributed by atoms with Crippen LogP contribution in [-0.4, -0.2) is 81.2 Å². The maximum absolute atomic E-state index is 14.1. The van der Waals surface area contributed by atoms with Crippen molar-refractivity contribution in [1.29, 1.82) is 0 Å². The Bertz CT molecular complexity index is 1230. The number of carbonyl (C=O) groups excluding carboxylic acids is 1. The number of morpholine rings is 1. The topological polar surface area (TPSA) is 57.7 Å². The van der Waals surface area contributed by atoms with Gasteiger partial charge in [-0.15, -0.1) is 0 Å². The summed E-state index contributed by atoms with van der Waals surface area (Å²) in [4.78, 5) is 22.9. The van der Waals surface area contributed by atoms with Gasteiger partial charge in [-0.1, -0.05) is 37.4 Å². The molecule has 3 aromatic rings. The molecule has 2 saturated heterocycles. The molecule has 196 valence electrons. The van der Waals surface area contributed by atoms with Gasteiger partial charge in [-0.05, 0) is 55.0 Å². The fraction of sp³-hybridized carbons (Fsp3) is 0.448. The van der Waals surface area contributed by atoms with E-state index in [4.69, 9.17) is 9.72 Å². The van der Waals surface area contributed by atoms with Crippen molar-refractivity contribution in [1.82, 2.24) is 20.1 Å². The molecule has 37 heavy (non-hydrogen) atoms. The zero-order chi connectivity index (χ0) is 25.8. The third kappa shape index (κ3) is 6.62. The Hall–Kier alpha value is -2.65. The van der Waals surface area contributed by atoms with E-state index in [0.29, 0.717) is 28.7 Å². The van der Waals surface area contributed by atoms with E-state index in [1.165, 1.54) is 29.8 Å². The highest BCUT2D eigenvalue weighted by Gasteiger charge is 2.27. The molecule has 0 spiro atoms. The molecule has 0 saturated carbocycles. The monoisotopic (exact) mass is 520 g/mol. The van der Waals surface area contributed by atoms with Gasteiger partial charge in [0.2, 0.25) is 0 Å². The molecule has 2 aliphatic heterocycles. The quantitative estimate of drug-likeness (QED) is 0.461. The molecule has 0 atom stereocenters. The summed E-state index contributed by atoms with van der Waals surface area (Å²) in [5.74, 6) is -0.557. The SMILES string of the molecule is C[Si]1(C)CCN(CCNC(=O)c2cc(-c3ccc(CN4CCOCC4)cc3)nc3ccc(F)cc23)CC1. The van der Waals surface area contributed by atoms with E-state index >= 15 is 0 Å². The van der Waals surface area contributed by atoms with Gasteiger partial charge < -0.3 is 15.0 Å². The predicted molar refractivity (Wildman–Crippen MR) is 149 cm³/mol. The Morgan fingerprint density at radius 1 is 1.00 bits per heavy atom. The minimum Gasteiger partial charge on any atom is -0.379 e. The fourth-order valence-corrected chi connectivity index (χ4v) is 7.23. The molecule has 0 aliphatic carbocycles. The van der Waals surface area contributed by atoms with Gasteiger partial charge in [0.15, 0.2) is 0 Å². The van der Waals surface area contributed by atoms with E-state index in [1.54, 1.807) is 12.1 Å². The first kappa shape index (κ1) is 26.0. The maximum Gasteiger partial charge on any atom is 0.252 e. The lowest BCUT2D eigenvalue weighted by atomic mass is 10.0. The van der Waals surface area contributed by atoms with E-state index in [-0.39, 0.29) is 11.7 Å². The van der Waals surface area contributed by atoms with Gasteiger partial charge in [-0.2, -0.15) is 0 Å². The van der Waals surface area contributed by atoms with Crippen molar-refractivity contribution < 1.29 is 13.9 Å². The van der Waals surface area contributed by atoms with Gasteiger partial charge in [-0.3, -0.25) is 9.69 Å². The lowest BCUT2D eigenvalue weighted by Crippen LogP contribution is -2.45. The number of pyridine rings is 1. The molecule has 0 radical (unpaired) electrons. The number of rotatable bonds is 7. The minimum absolute atomic E-state index is 0.185. The number of halogens is 1. The zero-order valence-corrected chi connectivity index (χ0v) is 22.9. The lowest BCUT2D eigenvalue weighted by molar-refractivity contribution is 0.0342. The summed E-state index contributed by atoms with van der Waals surface area (Å²) in [6.07, 6.45) is 0. The summed E-state index contributed by atoms with van der Waals surface area (Å²) in [5.41, 5.74) is 3.96. The van der Waals surface area contributed by atoms with Gasteiger partial charge in [0.25, 0.3) is 5.91 Å². The second-order valence-corrected chi connectivity index (χ2v) is 16.4. The molecular weight excluding hydrogens is 483 g/mol. The van der Waals surface area contributed by atoms with E-state index in [1.807, 2.05) is 0 Å². The van der Waals surface area contributed by atoms with Crippen LogP contribution >= 0.6 is 0 Å². The second kappa shape index (κ2) is 11.4. The Kier molecular flexibility index (Phi) is 8.00. The van der Waals surface area contributed by atoms with Gasteiger partial charge >= 0.3 is 0 Å². The largest absolute Gasteiger partial charge is 0.379 e. The molecule has 1 amide bonds. The van der Waals surface area contributed by atoms with Crippen molar-refractivity contribution in [3.63, 3.8) is 0 Å². The summed E-state index contributed by atoms with van der Waals surface area (Å²) in [6.45, 7) is 12.9. The summed E-state index contributed by atoms with van der Waals surface area (Å²) in [6, 6.07) is 17.2. The number of nitrogens with one attached hydrogen (secondary N) is 1. The van der Waals surface area contributed by atoms with Crippen molar-refractivity contribution in [2.45, 2.75) is 31.7 Å². The van der Waals surface area contributed by atoms with Crippen LogP contribution in [0.2, 0.25) is 25.2 Å². The Morgan fingerprint density at radius 3 is 2.46 bits per heavy atom. The second-order valence-electron chi connectivity index (χ2n) is 11.1. The van der Waals surface area contributed by atoms with Crippen molar-refractivity contribution in [2.75, 3.05) is 52.5 Å². The molecule has 1 N–H and O–H groups in total. The third-order valence-corrected chi connectivity index (χ3v) is 10.9. The molecule has 2 aromatic carbocycles. The van der Waals surface area contributed by atoms with E-state index < -0.39 is 8.07 Å². The number of ether oxygens (including phenoxy) is 1. The molecule has 1 aromatic heterocycles. The number of hydrogen-bond donors (Lipinski definition) is 1. The van der Waals surface area contributed by atoms with E-state index in [0.717, 1.165) is 58.0 Å². The molecule has 2 aliphatic rings. The van der Waals surface area contributed by atoms with Crippen LogP contribution in [0, 0.1) is 5.82 Å². The Morgan fingerprint density at radius 2 is 1.73 bits per heavy atom. The number of amides is 1. The Labute approximate surface area is 219 Å². The molecule has 6 nitrogen and oxygen atoms in total. The standard InChI is InChI=1S/C29H37FN4O2Si/c1-37(2)17-13-33(14-18-37)10-9-31-29(35)26-20-28(32-27-8-7-24(30)19-25(26)27)23-5-3-22(4-6-23)21-34-11-15-36-16-12-34/h3-8,19-20H,9-18,21H2,1-2H3,(H,31,35). The summed E-state index contributed by atoms with van der Waals surface area (Å²) in [5, 5.41) is 3.61. The molecule has 2 fully saturated rings. The van der Waals surface area contributed by atoms with Gasteiger partial charge in [-0.25, -0.2) is 9.37 Å². The fourth-order valence-electron chi connectivity index (χ4n) is 5.14. The molecule has 5 rings (SSSR count). The van der Waals surface area contributed by atoms with Crippen LogP contribution in [-0.2, 0) is 11.3 Å². The summed E-state index contributed by atoms with van der Waals surface area (Å²) in [7, 11) is -1.01. The van der Waals surface area contributed by atoms with E-state index in [2.05, 4.69) is 52.5 Å². The highest BCUT2D eigenvalue weighted by molar-refractivity contribution is 6.77. The highest BCUT2D eigenvalue weighted by Crippen LogP contribution is 2.26. The van der Waals surface area contributed by atoms with Gasteiger partial charge in [0, 0.05) is 51.7 Å². The van der Waals surface area contributed by atoms with Crippen molar-refractivity contribution in [3.8, 4) is 11.3 Å². The van der Waals surface area contributed by atoms with Gasteiger partial charge in [0.1, 0.15) is 5.82 Å². The van der Waals surface area contributed by atoms with Crippen LogP contribution in [0.4, 0.5) is 4.39 Å². The number of benzene rings is 2. The van der Waals surface area contributed by atoms with Crippen molar-refractivity contribution >= 4 is 24.9 Å². The van der Waals surface area contributed by atoms with Crippen molar-refractivity contribution in [2.24, 2.45) is 0 Å². The first-order valence-electron chi connectivity index (χ1n) is 13.4. The first-order valence-corrected chi connectivity index (χ1v) is 16.8. The average Bonchev–Trinajstić information content (AvgIpc) is 2.90. The average molecular weight is 521 g/mol. The number of hydrogen-bond acceptors (Lipinski definition) is 5. The van der Waals surface area contributed by atoms with Crippen LogP contribution in [0.3, 0.4) is 0 Å². The van der Waals surface area contributed by atoms with Crippen LogP contribution < -0.4 is 5.32 Å². The highest BCUT2D eigenvalue weighted by atomic mass is 28.3. The van der Waals surface area contributed by atoms with Crippen LogP contribution in [0.1, 0.15) is 15.9 Å².